The summed E-state index contributed by atoms with van der Waals surface area (Å²) < 4.78 is 2.01. The normalized spacial score (nSPS) is 16.0. The number of rotatable bonds is 4. The van der Waals surface area contributed by atoms with Crippen LogP contribution in [0.1, 0.15) is 18.4 Å². The molecule has 28 heavy (non-hydrogen) atoms. The molecule has 0 aliphatic carbocycles. The monoisotopic (exact) mass is 375 g/mol. The van der Waals surface area contributed by atoms with E-state index >= 15 is 0 Å². The molecule has 4 rings (SSSR count). The highest BCUT2D eigenvalue weighted by Crippen LogP contribution is 2.26. The van der Waals surface area contributed by atoms with E-state index in [0.717, 1.165) is 28.2 Å². The van der Waals surface area contributed by atoms with Crippen molar-refractivity contribution in [3.8, 4) is 11.3 Å². The number of hydrogen-bond acceptors (Lipinski definition) is 3. The molecule has 3 aromatic rings. The first-order valence-corrected chi connectivity index (χ1v) is 9.22. The fourth-order valence-electron chi connectivity index (χ4n) is 3.30. The Bertz CT molecular complexity index is 1070. The van der Waals surface area contributed by atoms with Crippen LogP contribution in [0.4, 0.5) is 10.5 Å². The maximum Gasteiger partial charge on any atom is 0.319 e. The minimum atomic E-state index is -0.227. The number of aromatic nitrogens is 2. The summed E-state index contributed by atoms with van der Waals surface area (Å²) in [6.45, 7) is 3.04. The molecule has 7 heteroatoms. The summed E-state index contributed by atoms with van der Waals surface area (Å²) in [5.41, 5.74) is 4.55. The lowest BCUT2D eigenvalue weighted by molar-refractivity contribution is -0.116. The smallest absolute Gasteiger partial charge is 0.319 e. The second kappa shape index (κ2) is 7.56. The maximum absolute atomic E-state index is 11.8. The van der Waals surface area contributed by atoms with Gasteiger partial charge in [-0.15, -0.1) is 0 Å². The summed E-state index contributed by atoms with van der Waals surface area (Å²) in [6.07, 6.45) is 7.30. The first kappa shape index (κ1) is 17.8. The average molecular weight is 375 g/mol. The third kappa shape index (κ3) is 3.59. The summed E-state index contributed by atoms with van der Waals surface area (Å²) in [6, 6.07) is 11.5. The molecule has 0 spiro atoms. The fourth-order valence-corrected chi connectivity index (χ4v) is 3.30. The van der Waals surface area contributed by atoms with Crippen molar-refractivity contribution in [1.29, 1.82) is 0 Å². The molecule has 0 saturated carbocycles. The summed E-state index contributed by atoms with van der Waals surface area (Å²) in [4.78, 5) is 27.6. The molecule has 142 valence electrons. The van der Waals surface area contributed by atoms with Crippen molar-refractivity contribution < 1.29 is 9.59 Å². The highest BCUT2D eigenvalue weighted by Gasteiger charge is 2.16. The zero-order chi connectivity index (χ0) is 19.5. The number of carbonyl (C=O) groups excluding carboxylic acids is 2. The SMILES string of the molecule is CCNC(=O)Nc1cccc(-c2cnc3cc(C4C=CC(=O)NC4)ccn23)c1. The molecule has 3 N–H and O–H groups in total. The second-order valence-corrected chi connectivity index (χ2v) is 6.61. The van der Waals surface area contributed by atoms with E-state index in [2.05, 4.69) is 20.9 Å². The first-order valence-electron chi connectivity index (χ1n) is 9.22. The van der Waals surface area contributed by atoms with Gasteiger partial charge in [0.15, 0.2) is 0 Å². The molecule has 1 aliphatic heterocycles. The molecule has 0 bridgehead atoms. The number of imidazole rings is 1. The van der Waals surface area contributed by atoms with E-state index < -0.39 is 0 Å². The maximum atomic E-state index is 11.8. The van der Waals surface area contributed by atoms with Gasteiger partial charge in [-0.3, -0.25) is 9.20 Å². The molecule has 1 aliphatic rings. The van der Waals surface area contributed by atoms with Crippen LogP contribution < -0.4 is 16.0 Å². The first-order chi connectivity index (χ1) is 13.6. The molecule has 1 unspecified atom stereocenters. The fraction of sp³-hybridized carbons (Fsp3) is 0.190. The van der Waals surface area contributed by atoms with Crippen LogP contribution in [0.3, 0.4) is 0 Å². The van der Waals surface area contributed by atoms with Crippen LogP contribution in [-0.2, 0) is 4.79 Å². The van der Waals surface area contributed by atoms with Crippen LogP contribution in [0.25, 0.3) is 16.9 Å². The van der Waals surface area contributed by atoms with Crippen molar-refractivity contribution in [2.24, 2.45) is 0 Å². The van der Waals surface area contributed by atoms with Gasteiger partial charge in [0.05, 0.1) is 11.9 Å². The Labute approximate surface area is 162 Å². The van der Waals surface area contributed by atoms with Gasteiger partial charge in [0.25, 0.3) is 0 Å². The molecular formula is C21H21N5O2. The lowest BCUT2D eigenvalue weighted by Gasteiger charge is -2.17. The zero-order valence-electron chi connectivity index (χ0n) is 15.5. The topological polar surface area (TPSA) is 87.5 Å². The molecule has 1 atom stereocenters. The lowest BCUT2D eigenvalue weighted by Crippen LogP contribution is -2.29. The Hall–Kier alpha value is -3.61. The average Bonchev–Trinajstić information content (AvgIpc) is 3.12. The number of urea groups is 1. The Kier molecular flexibility index (Phi) is 4.80. The van der Waals surface area contributed by atoms with E-state index in [1.807, 2.05) is 66.2 Å². The molecule has 0 saturated heterocycles. The third-order valence-corrected chi connectivity index (χ3v) is 4.70. The van der Waals surface area contributed by atoms with E-state index in [1.165, 1.54) is 0 Å². The number of nitrogens with zero attached hydrogens (tertiary/aromatic N) is 2. The van der Waals surface area contributed by atoms with E-state index in [1.54, 1.807) is 6.08 Å². The lowest BCUT2D eigenvalue weighted by atomic mass is 9.97. The quantitative estimate of drug-likeness (QED) is 0.655. The number of pyridine rings is 1. The standard InChI is InChI=1S/C21H21N5O2/c1-2-22-21(28)25-17-5-3-4-15(10-17)18-13-23-19-11-14(8-9-26(18)19)16-6-7-20(27)24-12-16/h3-11,13,16H,2,12H2,1H3,(H,24,27)(H2,22,25,28). The highest BCUT2D eigenvalue weighted by atomic mass is 16.2. The van der Waals surface area contributed by atoms with Crippen molar-refractivity contribution in [1.82, 2.24) is 20.0 Å². The van der Waals surface area contributed by atoms with Crippen LogP contribution in [0.5, 0.6) is 0 Å². The zero-order valence-corrected chi connectivity index (χ0v) is 15.5. The Morgan fingerprint density at radius 2 is 2.21 bits per heavy atom. The van der Waals surface area contributed by atoms with Gasteiger partial charge in [-0.1, -0.05) is 18.2 Å². The van der Waals surface area contributed by atoms with E-state index in [9.17, 15) is 9.59 Å². The highest BCUT2D eigenvalue weighted by molar-refractivity contribution is 5.90. The Balaban J connectivity index is 1.62. The summed E-state index contributed by atoms with van der Waals surface area (Å²) in [5, 5.41) is 8.39. The number of anilines is 1. The molecule has 3 amide bonds. The van der Waals surface area contributed by atoms with E-state index in [-0.39, 0.29) is 17.9 Å². The molecule has 0 radical (unpaired) electrons. The van der Waals surface area contributed by atoms with Crippen LogP contribution >= 0.6 is 0 Å². The van der Waals surface area contributed by atoms with Gasteiger partial charge >= 0.3 is 6.03 Å². The minimum absolute atomic E-state index is 0.0541. The van der Waals surface area contributed by atoms with Crippen molar-refractivity contribution in [2.75, 3.05) is 18.4 Å². The van der Waals surface area contributed by atoms with Crippen molar-refractivity contribution >= 4 is 23.3 Å². The number of carbonyl (C=O) groups is 2. The molecule has 3 heterocycles. The van der Waals surface area contributed by atoms with E-state index in [4.69, 9.17) is 0 Å². The predicted octanol–water partition coefficient (Wildman–Crippen LogP) is 2.91. The van der Waals surface area contributed by atoms with Gasteiger partial charge in [0, 0.05) is 36.5 Å². The number of benzene rings is 1. The van der Waals surface area contributed by atoms with Crippen molar-refractivity contribution in [2.45, 2.75) is 12.8 Å². The summed E-state index contributed by atoms with van der Waals surface area (Å²) in [7, 11) is 0. The van der Waals surface area contributed by atoms with Crippen LogP contribution in [-0.4, -0.2) is 34.4 Å². The van der Waals surface area contributed by atoms with Gasteiger partial charge in [0.1, 0.15) is 5.65 Å². The predicted molar refractivity (Wildman–Crippen MR) is 108 cm³/mol. The largest absolute Gasteiger partial charge is 0.352 e. The minimum Gasteiger partial charge on any atom is -0.352 e. The van der Waals surface area contributed by atoms with Crippen LogP contribution in [0.2, 0.25) is 0 Å². The van der Waals surface area contributed by atoms with Gasteiger partial charge in [0.2, 0.25) is 5.91 Å². The molecule has 7 nitrogen and oxygen atoms in total. The molecule has 0 fully saturated rings. The van der Waals surface area contributed by atoms with Gasteiger partial charge in [-0.2, -0.15) is 0 Å². The Morgan fingerprint density at radius 3 is 3.00 bits per heavy atom. The number of amides is 3. The second-order valence-electron chi connectivity index (χ2n) is 6.61. The number of fused-ring (bicyclic) bond motifs is 1. The van der Waals surface area contributed by atoms with Gasteiger partial charge in [-0.25, -0.2) is 9.78 Å². The van der Waals surface area contributed by atoms with Crippen LogP contribution in [0, 0.1) is 0 Å². The van der Waals surface area contributed by atoms with Crippen molar-refractivity contribution in [3.63, 3.8) is 0 Å². The van der Waals surface area contributed by atoms with Gasteiger partial charge in [-0.05, 0) is 42.8 Å². The Morgan fingerprint density at radius 1 is 1.32 bits per heavy atom. The summed E-state index contributed by atoms with van der Waals surface area (Å²) in [5.74, 6) is 0.0917. The van der Waals surface area contributed by atoms with Crippen LogP contribution in [0.15, 0.2) is 60.9 Å². The van der Waals surface area contributed by atoms with Crippen molar-refractivity contribution in [3.05, 3.63) is 66.5 Å². The van der Waals surface area contributed by atoms with E-state index in [0.29, 0.717) is 13.1 Å². The molecule has 2 aromatic heterocycles. The number of nitrogens with one attached hydrogen (secondary N) is 3. The third-order valence-electron chi connectivity index (χ3n) is 4.70. The summed E-state index contributed by atoms with van der Waals surface area (Å²) >= 11 is 0. The molecule has 1 aromatic carbocycles. The molecular weight excluding hydrogens is 354 g/mol. The van der Waals surface area contributed by atoms with Gasteiger partial charge < -0.3 is 16.0 Å². The number of hydrogen-bond donors (Lipinski definition) is 3.